The van der Waals surface area contributed by atoms with E-state index in [0.717, 1.165) is 0 Å². The first-order valence-electron chi connectivity index (χ1n) is 5.00. The SMILES string of the molecule is O=C(Cn1cncc1C(=O)O)c1ccccc1. The number of imidazole rings is 1. The van der Waals surface area contributed by atoms with Crippen LogP contribution in [0, 0.1) is 0 Å². The summed E-state index contributed by atoms with van der Waals surface area (Å²) in [5.41, 5.74) is 0.562. The van der Waals surface area contributed by atoms with Gasteiger partial charge >= 0.3 is 5.97 Å². The predicted octanol–water partition coefficient (Wildman–Crippen LogP) is 1.46. The van der Waals surface area contributed by atoms with E-state index in [0.29, 0.717) is 5.56 Å². The number of carboxylic acids is 1. The van der Waals surface area contributed by atoms with Crippen molar-refractivity contribution in [2.45, 2.75) is 6.54 Å². The van der Waals surface area contributed by atoms with Crippen LogP contribution in [-0.4, -0.2) is 26.4 Å². The van der Waals surface area contributed by atoms with E-state index >= 15 is 0 Å². The van der Waals surface area contributed by atoms with Gasteiger partial charge in [-0.2, -0.15) is 0 Å². The van der Waals surface area contributed by atoms with Crippen molar-refractivity contribution in [2.24, 2.45) is 0 Å². The molecule has 0 saturated carbocycles. The molecule has 1 N–H and O–H groups in total. The minimum Gasteiger partial charge on any atom is -0.477 e. The van der Waals surface area contributed by atoms with Crippen molar-refractivity contribution in [3.8, 4) is 0 Å². The summed E-state index contributed by atoms with van der Waals surface area (Å²) in [7, 11) is 0. The Morgan fingerprint density at radius 3 is 2.59 bits per heavy atom. The van der Waals surface area contributed by atoms with Crippen molar-refractivity contribution in [3.05, 3.63) is 54.1 Å². The number of aromatic nitrogens is 2. The second-order valence-corrected chi connectivity index (χ2v) is 3.50. The van der Waals surface area contributed by atoms with E-state index in [-0.39, 0.29) is 18.0 Å². The molecule has 0 fully saturated rings. The van der Waals surface area contributed by atoms with Crippen LogP contribution in [0.4, 0.5) is 0 Å². The standard InChI is InChI=1S/C12H10N2O3/c15-11(9-4-2-1-3-5-9)7-14-8-13-6-10(14)12(16)17/h1-6,8H,7H2,(H,16,17). The number of hydrogen-bond donors (Lipinski definition) is 1. The number of Topliss-reactive ketones (excluding diaryl/α,β-unsaturated/α-hetero) is 1. The molecule has 86 valence electrons. The van der Waals surface area contributed by atoms with Crippen molar-refractivity contribution < 1.29 is 14.7 Å². The minimum absolute atomic E-state index is 0.00859. The highest BCUT2D eigenvalue weighted by molar-refractivity contribution is 5.96. The Bertz CT molecular complexity index is 546. The van der Waals surface area contributed by atoms with Crippen LogP contribution in [0.1, 0.15) is 20.8 Å². The largest absolute Gasteiger partial charge is 0.477 e. The van der Waals surface area contributed by atoms with Gasteiger partial charge in [-0.15, -0.1) is 0 Å². The van der Waals surface area contributed by atoms with Gasteiger partial charge in [-0.3, -0.25) is 4.79 Å². The Balaban J connectivity index is 2.19. The zero-order valence-electron chi connectivity index (χ0n) is 8.91. The molecule has 5 nitrogen and oxygen atoms in total. The molecule has 0 aliphatic rings. The molecule has 0 saturated heterocycles. The highest BCUT2D eigenvalue weighted by Gasteiger charge is 2.13. The molecule has 0 atom stereocenters. The maximum absolute atomic E-state index is 11.8. The second kappa shape index (κ2) is 4.61. The minimum atomic E-state index is -1.09. The summed E-state index contributed by atoms with van der Waals surface area (Å²) in [4.78, 5) is 26.4. The van der Waals surface area contributed by atoms with Gasteiger partial charge in [0.2, 0.25) is 0 Å². The third kappa shape index (κ3) is 2.39. The number of carbonyl (C=O) groups excluding carboxylic acids is 1. The second-order valence-electron chi connectivity index (χ2n) is 3.50. The Hall–Kier alpha value is -2.43. The van der Waals surface area contributed by atoms with Gasteiger partial charge < -0.3 is 9.67 Å². The first kappa shape index (κ1) is 11.1. The van der Waals surface area contributed by atoms with E-state index in [4.69, 9.17) is 5.11 Å². The maximum Gasteiger partial charge on any atom is 0.354 e. The normalized spacial score (nSPS) is 10.1. The fourth-order valence-corrected chi connectivity index (χ4v) is 1.49. The summed E-state index contributed by atoms with van der Waals surface area (Å²) in [5.74, 6) is -1.24. The lowest BCUT2D eigenvalue weighted by molar-refractivity contribution is 0.0685. The van der Waals surface area contributed by atoms with Crippen LogP contribution in [0.25, 0.3) is 0 Å². The third-order valence-electron chi connectivity index (χ3n) is 2.34. The molecule has 1 aromatic heterocycles. The van der Waals surface area contributed by atoms with Gasteiger partial charge in [0, 0.05) is 5.56 Å². The molecule has 0 unspecified atom stereocenters. The van der Waals surface area contributed by atoms with Crippen molar-refractivity contribution in [3.63, 3.8) is 0 Å². The third-order valence-corrected chi connectivity index (χ3v) is 2.34. The van der Waals surface area contributed by atoms with Gasteiger partial charge in [-0.25, -0.2) is 9.78 Å². The molecule has 0 aliphatic carbocycles. The number of carboxylic acid groups (broad SMARTS) is 1. The van der Waals surface area contributed by atoms with E-state index in [9.17, 15) is 9.59 Å². The quantitative estimate of drug-likeness (QED) is 0.807. The molecule has 5 heteroatoms. The van der Waals surface area contributed by atoms with Gasteiger partial charge in [-0.1, -0.05) is 30.3 Å². The molecule has 2 rings (SSSR count). The number of rotatable bonds is 4. The van der Waals surface area contributed by atoms with Crippen LogP contribution in [-0.2, 0) is 6.54 Å². The van der Waals surface area contributed by atoms with E-state index in [1.54, 1.807) is 24.3 Å². The molecule has 0 bridgehead atoms. The molecule has 0 aliphatic heterocycles. The first-order valence-corrected chi connectivity index (χ1v) is 5.00. The average molecular weight is 230 g/mol. The molecule has 2 aromatic rings. The van der Waals surface area contributed by atoms with Gasteiger partial charge in [0.15, 0.2) is 5.78 Å². The van der Waals surface area contributed by atoms with Crippen LogP contribution in [0.2, 0.25) is 0 Å². The Morgan fingerprint density at radius 1 is 1.24 bits per heavy atom. The van der Waals surface area contributed by atoms with Gasteiger partial charge in [0.25, 0.3) is 0 Å². The van der Waals surface area contributed by atoms with Crippen molar-refractivity contribution in [1.82, 2.24) is 9.55 Å². The summed E-state index contributed by atoms with van der Waals surface area (Å²) in [6, 6.07) is 8.73. The number of ketones is 1. The highest BCUT2D eigenvalue weighted by atomic mass is 16.4. The summed E-state index contributed by atoms with van der Waals surface area (Å²) in [5, 5.41) is 8.87. The van der Waals surface area contributed by atoms with Crippen molar-refractivity contribution >= 4 is 11.8 Å². The average Bonchev–Trinajstić information content (AvgIpc) is 2.78. The van der Waals surface area contributed by atoms with Crippen molar-refractivity contribution in [1.29, 1.82) is 0 Å². The molecule has 0 spiro atoms. The number of aromatic carboxylic acids is 1. The number of benzene rings is 1. The molecule has 0 radical (unpaired) electrons. The van der Waals surface area contributed by atoms with Crippen LogP contribution < -0.4 is 0 Å². The number of nitrogens with zero attached hydrogens (tertiary/aromatic N) is 2. The Kier molecular flexibility index (Phi) is 3.00. The Morgan fingerprint density at radius 2 is 1.94 bits per heavy atom. The molecular weight excluding hydrogens is 220 g/mol. The lowest BCUT2D eigenvalue weighted by Crippen LogP contribution is -2.14. The molecular formula is C12H10N2O3. The van der Waals surface area contributed by atoms with Crippen LogP contribution in [0.15, 0.2) is 42.9 Å². The molecule has 0 amide bonds. The van der Waals surface area contributed by atoms with Crippen LogP contribution in [0.5, 0.6) is 0 Å². The van der Waals surface area contributed by atoms with E-state index in [2.05, 4.69) is 4.98 Å². The van der Waals surface area contributed by atoms with Gasteiger partial charge in [0.05, 0.1) is 19.1 Å². The zero-order valence-corrected chi connectivity index (χ0v) is 8.91. The van der Waals surface area contributed by atoms with Crippen LogP contribution >= 0.6 is 0 Å². The topological polar surface area (TPSA) is 72.2 Å². The molecule has 1 aromatic carbocycles. The van der Waals surface area contributed by atoms with E-state index < -0.39 is 5.97 Å². The molecule has 17 heavy (non-hydrogen) atoms. The monoisotopic (exact) mass is 230 g/mol. The zero-order chi connectivity index (χ0) is 12.3. The predicted molar refractivity (Wildman–Crippen MR) is 60.0 cm³/mol. The summed E-state index contributed by atoms with van der Waals surface area (Å²) in [6.45, 7) is -0.0222. The fourth-order valence-electron chi connectivity index (χ4n) is 1.49. The number of carbonyl (C=O) groups is 2. The number of hydrogen-bond acceptors (Lipinski definition) is 3. The van der Waals surface area contributed by atoms with E-state index in [1.807, 2.05) is 6.07 Å². The molecule has 1 heterocycles. The maximum atomic E-state index is 11.8. The fraction of sp³-hybridized carbons (Fsp3) is 0.0833. The van der Waals surface area contributed by atoms with Gasteiger partial charge in [-0.05, 0) is 0 Å². The summed E-state index contributed by atoms with van der Waals surface area (Å²) >= 11 is 0. The Labute approximate surface area is 97.3 Å². The highest BCUT2D eigenvalue weighted by Crippen LogP contribution is 2.05. The summed E-state index contributed by atoms with van der Waals surface area (Å²) in [6.07, 6.45) is 2.56. The lowest BCUT2D eigenvalue weighted by Gasteiger charge is -2.04. The van der Waals surface area contributed by atoms with Gasteiger partial charge in [0.1, 0.15) is 5.69 Å². The van der Waals surface area contributed by atoms with Crippen LogP contribution in [0.3, 0.4) is 0 Å². The summed E-state index contributed by atoms with van der Waals surface area (Å²) < 4.78 is 1.32. The van der Waals surface area contributed by atoms with Crippen molar-refractivity contribution in [2.75, 3.05) is 0 Å². The smallest absolute Gasteiger partial charge is 0.354 e. The lowest BCUT2D eigenvalue weighted by atomic mass is 10.1. The first-order chi connectivity index (χ1) is 8.18. The van der Waals surface area contributed by atoms with E-state index in [1.165, 1.54) is 17.1 Å².